The summed E-state index contributed by atoms with van der Waals surface area (Å²) >= 11 is 0. The highest BCUT2D eigenvalue weighted by Gasteiger charge is 2.25. The molecular formula is C18H26O10. The molecule has 2 unspecified atom stereocenters. The minimum atomic E-state index is -0.480. The van der Waals surface area contributed by atoms with Crippen molar-refractivity contribution >= 4 is 23.9 Å². The number of hydrogen-bond acceptors (Lipinski definition) is 10. The zero-order valence-corrected chi connectivity index (χ0v) is 15.7. The summed E-state index contributed by atoms with van der Waals surface area (Å²) in [5, 5.41) is 0. The summed E-state index contributed by atoms with van der Waals surface area (Å²) in [6, 6.07) is 0. The maximum Gasteiger partial charge on any atom is 0.306 e. The molecular weight excluding hydrogens is 376 g/mol. The van der Waals surface area contributed by atoms with E-state index in [-0.39, 0.29) is 64.3 Å². The van der Waals surface area contributed by atoms with Gasteiger partial charge in [0.15, 0.2) is 0 Å². The Hall–Kier alpha value is -2.20. The largest absolute Gasteiger partial charge is 0.466 e. The third-order valence-corrected chi connectivity index (χ3v) is 3.80. The van der Waals surface area contributed by atoms with E-state index in [0.717, 1.165) is 0 Å². The fourth-order valence-corrected chi connectivity index (χ4v) is 1.97. The van der Waals surface area contributed by atoms with Gasteiger partial charge in [-0.1, -0.05) is 0 Å². The lowest BCUT2D eigenvalue weighted by Crippen LogP contribution is -2.14. The van der Waals surface area contributed by atoms with Gasteiger partial charge in [0.05, 0.1) is 52.1 Å². The van der Waals surface area contributed by atoms with Gasteiger partial charge in [0, 0.05) is 0 Å². The number of carbonyl (C=O) groups is 4. The van der Waals surface area contributed by atoms with E-state index in [0.29, 0.717) is 26.1 Å². The summed E-state index contributed by atoms with van der Waals surface area (Å²) in [5.41, 5.74) is 0. The number of hydrogen-bond donors (Lipinski definition) is 0. The van der Waals surface area contributed by atoms with Crippen LogP contribution in [0.25, 0.3) is 0 Å². The zero-order valence-electron chi connectivity index (χ0n) is 15.7. The highest BCUT2D eigenvalue weighted by molar-refractivity contribution is 5.78. The van der Waals surface area contributed by atoms with Gasteiger partial charge in [-0.3, -0.25) is 19.2 Å². The topological polar surface area (TPSA) is 130 Å². The standard InChI is InChI=1S/C18H26O10/c19-15(3-5-17(21)27-11-13-9-25-13)23-7-1-2-8-24-16(20)4-6-18(22)28-12-14-10-26-14/h13-14H,1-12H2. The molecule has 0 aromatic rings. The molecule has 2 rings (SSSR count). The summed E-state index contributed by atoms with van der Waals surface area (Å²) in [5.74, 6) is -1.87. The monoisotopic (exact) mass is 402 g/mol. The molecule has 0 amide bonds. The fraction of sp³-hybridized carbons (Fsp3) is 0.778. The van der Waals surface area contributed by atoms with Crippen molar-refractivity contribution in [3.8, 4) is 0 Å². The molecule has 2 saturated heterocycles. The van der Waals surface area contributed by atoms with Gasteiger partial charge in [0.2, 0.25) is 0 Å². The Morgan fingerprint density at radius 1 is 0.607 bits per heavy atom. The Kier molecular flexibility index (Phi) is 9.70. The van der Waals surface area contributed by atoms with Crippen molar-refractivity contribution in [2.75, 3.05) is 39.6 Å². The van der Waals surface area contributed by atoms with Gasteiger partial charge >= 0.3 is 23.9 Å². The van der Waals surface area contributed by atoms with E-state index >= 15 is 0 Å². The van der Waals surface area contributed by atoms with Gasteiger partial charge in [-0.25, -0.2) is 0 Å². The fourth-order valence-electron chi connectivity index (χ4n) is 1.97. The second-order valence-electron chi connectivity index (χ2n) is 6.42. The first-order valence-electron chi connectivity index (χ1n) is 9.38. The number of unbranched alkanes of at least 4 members (excludes halogenated alkanes) is 1. The first kappa shape index (κ1) is 22.1. The van der Waals surface area contributed by atoms with Gasteiger partial charge in [-0.2, -0.15) is 0 Å². The predicted octanol–water partition coefficient (Wildman–Crippen LogP) is 0.297. The lowest BCUT2D eigenvalue weighted by molar-refractivity contribution is -0.151. The van der Waals surface area contributed by atoms with Crippen LogP contribution in [-0.4, -0.2) is 75.7 Å². The van der Waals surface area contributed by atoms with Crippen LogP contribution in [0, 0.1) is 0 Å². The first-order valence-corrected chi connectivity index (χ1v) is 9.38. The van der Waals surface area contributed by atoms with Crippen LogP contribution in [0.3, 0.4) is 0 Å². The van der Waals surface area contributed by atoms with Gasteiger partial charge in [0.1, 0.15) is 25.4 Å². The van der Waals surface area contributed by atoms with Crippen LogP contribution in [0.15, 0.2) is 0 Å². The van der Waals surface area contributed by atoms with Crippen LogP contribution in [0.4, 0.5) is 0 Å². The molecule has 0 aromatic heterocycles. The van der Waals surface area contributed by atoms with Crippen molar-refractivity contribution in [2.45, 2.75) is 50.7 Å². The van der Waals surface area contributed by atoms with Crippen molar-refractivity contribution in [1.82, 2.24) is 0 Å². The molecule has 0 bridgehead atoms. The van der Waals surface area contributed by atoms with Gasteiger partial charge < -0.3 is 28.4 Å². The van der Waals surface area contributed by atoms with Crippen molar-refractivity contribution in [3.63, 3.8) is 0 Å². The minimum absolute atomic E-state index is 0.00116. The summed E-state index contributed by atoms with van der Waals surface area (Å²) in [4.78, 5) is 45.7. The second-order valence-corrected chi connectivity index (χ2v) is 6.42. The van der Waals surface area contributed by atoms with E-state index in [1.165, 1.54) is 0 Å². The average molecular weight is 402 g/mol. The number of ether oxygens (including phenoxy) is 6. The Morgan fingerprint density at radius 2 is 0.929 bits per heavy atom. The van der Waals surface area contributed by atoms with Crippen molar-refractivity contribution in [1.29, 1.82) is 0 Å². The SMILES string of the molecule is O=C(CCC(=O)OCC1CO1)OCCCCOC(=O)CCC(=O)OCC1CO1. The molecule has 2 heterocycles. The molecule has 2 fully saturated rings. The number of esters is 4. The lowest BCUT2D eigenvalue weighted by Gasteiger charge is -2.06. The molecule has 158 valence electrons. The summed E-state index contributed by atoms with van der Waals surface area (Å²) in [6.07, 6.45) is 0.906. The molecule has 28 heavy (non-hydrogen) atoms. The quantitative estimate of drug-likeness (QED) is 0.163. The Morgan fingerprint density at radius 3 is 1.25 bits per heavy atom. The smallest absolute Gasteiger partial charge is 0.306 e. The van der Waals surface area contributed by atoms with E-state index in [1.807, 2.05) is 0 Å². The maximum atomic E-state index is 11.5. The Labute approximate surface area is 162 Å². The van der Waals surface area contributed by atoms with Crippen LogP contribution >= 0.6 is 0 Å². The van der Waals surface area contributed by atoms with Gasteiger partial charge in [-0.05, 0) is 12.8 Å². The van der Waals surface area contributed by atoms with Crippen molar-refractivity contribution in [2.24, 2.45) is 0 Å². The van der Waals surface area contributed by atoms with E-state index < -0.39 is 23.9 Å². The average Bonchev–Trinajstić information content (AvgIpc) is 3.58. The lowest BCUT2D eigenvalue weighted by atomic mass is 10.3. The molecule has 2 aliphatic rings. The summed E-state index contributed by atoms with van der Waals surface area (Å²) < 4.78 is 29.6. The number of rotatable bonds is 15. The van der Waals surface area contributed by atoms with Gasteiger partial charge in [-0.15, -0.1) is 0 Å². The van der Waals surface area contributed by atoms with Crippen LogP contribution in [0.1, 0.15) is 38.5 Å². The molecule has 0 saturated carbocycles. The summed E-state index contributed by atoms with van der Waals surface area (Å²) in [6.45, 7) is 2.01. The van der Waals surface area contributed by atoms with Crippen molar-refractivity contribution in [3.05, 3.63) is 0 Å². The van der Waals surface area contributed by atoms with Gasteiger partial charge in [0.25, 0.3) is 0 Å². The van der Waals surface area contributed by atoms with E-state index in [4.69, 9.17) is 28.4 Å². The first-order chi connectivity index (χ1) is 13.5. The zero-order chi connectivity index (χ0) is 20.2. The van der Waals surface area contributed by atoms with E-state index in [2.05, 4.69) is 0 Å². The normalized spacial score (nSPS) is 19.4. The second kappa shape index (κ2) is 12.3. The number of carbonyl (C=O) groups excluding carboxylic acids is 4. The molecule has 2 atom stereocenters. The van der Waals surface area contributed by atoms with E-state index in [9.17, 15) is 19.2 Å². The van der Waals surface area contributed by atoms with Crippen molar-refractivity contribution < 1.29 is 47.6 Å². The Balaban J connectivity index is 1.34. The molecule has 0 aliphatic carbocycles. The van der Waals surface area contributed by atoms with Crippen LogP contribution in [-0.2, 0) is 47.6 Å². The Bertz CT molecular complexity index is 490. The van der Waals surface area contributed by atoms with Crippen LogP contribution < -0.4 is 0 Å². The molecule has 2 aliphatic heterocycles. The highest BCUT2D eigenvalue weighted by Crippen LogP contribution is 2.10. The third kappa shape index (κ3) is 11.5. The van der Waals surface area contributed by atoms with E-state index in [1.54, 1.807) is 0 Å². The molecule has 0 spiro atoms. The highest BCUT2D eigenvalue weighted by atomic mass is 16.6. The minimum Gasteiger partial charge on any atom is -0.466 e. The molecule has 10 heteroatoms. The maximum absolute atomic E-state index is 11.5. The molecule has 0 aromatic carbocycles. The molecule has 0 radical (unpaired) electrons. The predicted molar refractivity (Wildman–Crippen MR) is 91.0 cm³/mol. The van der Waals surface area contributed by atoms with Crippen LogP contribution in [0.5, 0.6) is 0 Å². The molecule has 10 nitrogen and oxygen atoms in total. The third-order valence-electron chi connectivity index (χ3n) is 3.80. The van der Waals surface area contributed by atoms with Crippen LogP contribution in [0.2, 0.25) is 0 Å². The summed E-state index contributed by atoms with van der Waals surface area (Å²) in [7, 11) is 0. The number of epoxide rings is 2. The molecule has 0 N–H and O–H groups in total.